The van der Waals surface area contributed by atoms with Gasteiger partial charge in [0.15, 0.2) is 0 Å². The molecular formula is C19H24N2O4S. The molecule has 0 unspecified atom stereocenters. The number of nitrogens with one attached hydrogen (secondary N) is 1. The Morgan fingerprint density at radius 2 is 1.88 bits per heavy atom. The number of benzene rings is 1. The lowest BCUT2D eigenvalue weighted by molar-refractivity contribution is 0.0486. The van der Waals surface area contributed by atoms with Crippen molar-refractivity contribution in [2.24, 2.45) is 0 Å². The van der Waals surface area contributed by atoms with Crippen molar-refractivity contribution in [3.63, 3.8) is 0 Å². The maximum absolute atomic E-state index is 12.2. The molecule has 6 nitrogen and oxygen atoms in total. The van der Waals surface area contributed by atoms with Gasteiger partial charge in [-0.25, -0.2) is 14.6 Å². The summed E-state index contributed by atoms with van der Waals surface area (Å²) in [6, 6.07) is 9.71. The van der Waals surface area contributed by atoms with Gasteiger partial charge in [0, 0.05) is 12.1 Å². The summed E-state index contributed by atoms with van der Waals surface area (Å²) in [4.78, 5) is 28.7. The summed E-state index contributed by atoms with van der Waals surface area (Å²) in [6.07, 6.45) is 0.0311. The van der Waals surface area contributed by atoms with Crippen LogP contribution in [0.4, 0.5) is 4.79 Å². The molecule has 0 saturated carbocycles. The second-order valence-corrected chi connectivity index (χ2v) is 7.72. The average Bonchev–Trinajstić information content (AvgIpc) is 2.95. The van der Waals surface area contributed by atoms with Crippen LogP contribution in [-0.2, 0) is 9.47 Å². The lowest BCUT2D eigenvalue weighted by Crippen LogP contribution is -2.33. The molecule has 2 rings (SSSR count). The number of aromatic nitrogens is 1. The first-order valence-corrected chi connectivity index (χ1v) is 9.25. The van der Waals surface area contributed by atoms with E-state index in [1.807, 2.05) is 30.3 Å². The number of alkyl carbamates (subject to hydrolysis) is 1. The van der Waals surface area contributed by atoms with Gasteiger partial charge in [0.05, 0.1) is 12.3 Å². The van der Waals surface area contributed by atoms with Crippen LogP contribution in [0.3, 0.4) is 0 Å². The summed E-state index contributed by atoms with van der Waals surface area (Å²) >= 11 is 1.32. The molecule has 0 radical (unpaired) electrons. The first-order chi connectivity index (χ1) is 12.3. The van der Waals surface area contributed by atoms with E-state index in [9.17, 15) is 9.59 Å². The molecule has 0 aliphatic carbocycles. The fourth-order valence-corrected chi connectivity index (χ4v) is 3.06. The molecule has 1 N–H and O–H groups in total. The Morgan fingerprint density at radius 3 is 2.54 bits per heavy atom. The Kier molecular flexibility index (Phi) is 6.74. The number of ether oxygens (including phenoxy) is 2. The van der Waals surface area contributed by atoms with Gasteiger partial charge in [-0.05, 0) is 34.1 Å². The Bertz CT molecular complexity index is 751. The van der Waals surface area contributed by atoms with Crippen LogP contribution in [0, 0.1) is 6.92 Å². The molecule has 0 fully saturated rings. The molecule has 0 aliphatic rings. The maximum atomic E-state index is 12.2. The zero-order chi connectivity index (χ0) is 19.2. The van der Waals surface area contributed by atoms with E-state index in [-0.39, 0.29) is 12.6 Å². The largest absolute Gasteiger partial charge is 0.461 e. The van der Waals surface area contributed by atoms with Crippen molar-refractivity contribution >= 4 is 23.4 Å². The molecule has 1 aromatic heterocycles. The van der Waals surface area contributed by atoms with Crippen molar-refractivity contribution in [1.29, 1.82) is 0 Å². The van der Waals surface area contributed by atoms with Gasteiger partial charge in [0.25, 0.3) is 0 Å². The number of nitrogens with zero attached hydrogens (tertiary/aromatic N) is 1. The number of hydrogen-bond donors (Lipinski definition) is 1. The van der Waals surface area contributed by atoms with Gasteiger partial charge in [-0.1, -0.05) is 30.3 Å². The number of aryl methyl sites for hydroxylation is 1. The van der Waals surface area contributed by atoms with Crippen LogP contribution in [0.25, 0.3) is 10.6 Å². The standard InChI is InChI=1S/C19H24N2O4S/c1-13-15(26-16(21-13)14-9-6-5-7-10-14)17(22)24-12-8-11-20-18(23)25-19(2,3)4/h5-7,9-10H,8,11-12H2,1-4H3,(H,20,23). The molecule has 2 aromatic rings. The smallest absolute Gasteiger partial charge is 0.407 e. The Balaban J connectivity index is 1.78. The average molecular weight is 376 g/mol. The topological polar surface area (TPSA) is 77.5 Å². The quantitative estimate of drug-likeness (QED) is 0.604. The number of esters is 1. The molecule has 140 valence electrons. The summed E-state index contributed by atoms with van der Waals surface area (Å²) in [7, 11) is 0. The molecule has 7 heteroatoms. The van der Waals surface area contributed by atoms with Gasteiger partial charge < -0.3 is 14.8 Å². The Hall–Kier alpha value is -2.41. The lowest BCUT2D eigenvalue weighted by Gasteiger charge is -2.19. The highest BCUT2D eigenvalue weighted by molar-refractivity contribution is 7.17. The van der Waals surface area contributed by atoms with Gasteiger partial charge in [-0.2, -0.15) is 0 Å². The SMILES string of the molecule is Cc1nc(-c2ccccc2)sc1C(=O)OCCCNC(=O)OC(C)(C)C. The number of amides is 1. The van der Waals surface area contributed by atoms with Gasteiger partial charge >= 0.3 is 12.1 Å². The minimum absolute atomic E-state index is 0.215. The summed E-state index contributed by atoms with van der Waals surface area (Å²) in [5.74, 6) is -0.389. The fraction of sp³-hybridized carbons (Fsp3) is 0.421. The summed E-state index contributed by atoms with van der Waals surface area (Å²) in [5, 5.41) is 3.42. The minimum atomic E-state index is -0.531. The van der Waals surface area contributed by atoms with Crippen molar-refractivity contribution < 1.29 is 19.1 Å². The van der Waals surface area contributed by atoms with Crippen molar-refractivity contribution in [2.45, 2.75) is 39.7 Å². The van der Waals surface area contributed by atoms with E-state index in [0.717, 1.165) is 10.6 Å². The van der Waals surface area contributed by atoms with Crippen LogP contribution in [0.5, 0.6) is 0 Å². The third-order valence-electron chi connectivity index (χ3n) is 3.23. The van der Waals surface area contributed by atoms with Crippen molar-refractivity contribution in [3.8, 4) is 10.6 Å². The van der Waals surface area contributed by atoms with E-state index in [2.05, 4.69) is 10.3 Å². The predicted octanol–water partition coefficient (Wildman–Crippen LogP) is 4.19. The first-order valence-electron chi connectivity index (χ1n) is 8.43. The van der Waals surface area contributed by atoms with Crippen LogP contribution >= 0.6 is 11.3 Å². The molecule has 0 spiro atoms. The third kappa shape index (κ3) is 6.15. The second-order valence-electron chi connectivity index (χ2n) is 6.72. The second kappa shape index (κ2) is 8.80. The highest BCUT2D eigenvalue weighted by atomic mass is 32.1. The van der Waals surface area contributed by atoms with Crippen molar-refractivity contribution in [3.05, 3.63) is 40.9 Å². The van der Waals surface area contributed by atoms with Crippen LogP contribution in [-0.4, -0.2) is 35.8 Å². The van der Waals surface area contributed by atoms with Crippen molar-refractivity contribution in [1.82, 2.24) is 10.3 Å². The fourth-order valence-electron chi connectivity index (χ4n) is 2.10. The molecule has 0 saturated heterocycles. The molecule has 0 bridgehead atoms. The number of carbonyl (C=O) groups excluding carboxylic acids is 2. The highest BCUT2D eigenvalue weighted by Crippen LogP contribution is 2.28. The molecular weight excluding hydrogens is 352 g/mol. The third-order valence-corrected chi connectivity index (χ3v) is 4.41. The zero-order valence-electron chi connectivity index (χ0n) is 15.5. The lowest BCUT2D eigenvalue weighted by atomic mass is 10.2. The van der Waals surface area contributed by atoms with E-state index in [1.165, 1.54) is 11.3 Å². The molecule has 1 amide bonds. The van der Waals surface area contributed by atoms with Crippen LogP contribution in [0.1, 0.15) is 42.6 Å². The van der Waals surface area contributed by atoms with Crippen LogP contribution in [0.2, 0.25) is 0 Å². The van der Waals surface area contributed by atoms with Gasteiger partial charge in [-0.15, -0.1) is 11.3 Å². The van der Waals surface area contributed by atoms with Crippen LogP contribution in [0.15, 0.2) is 30.3 Å². The maximum Gasteiger partial charge on any atom is 0.407 e. The summed E-state index contributed by atoms with van der Waals surface area (Å²) < 4.78 is 10.4. The van der Waals surface area contributed by atoms with Gasteiger partial charge in [0.2, 0.25) is 0 Å². The Labute approximate surface area is 157 Å². The number of carbonyl (C=O) groups is 2. The van der Waals surface area contributed by atoms with E-state index < -0.39 is 11.7 Å². The van der Waals surface area contributed by atoms with Crippen LogP contribution < -0.4 is 5.32 Å². The number of hydrogen-bond acceptors (Lipinski definition) is 6. The van der Waals surface area contributed by atoms with E-state index in [0.29, 0.717) is 23.5 Å². The number of rotatable bonds is 6. The molecule has 1 heterocycles. The Morgan fingerprint density at radius 1 is 1.19 bits per heavy atom. The molecule has 1 aromatic carbocycles. The monoisotopic (exact) mass is 376 g/mol. The number of thiazole rings is 1. The van der Waals surface area contributed by atoms with E-state index in [4.69, 9.17) is 9.47 Å². The molecule has 0 aliphatic heterocycles. The minimum Gasteiger partial charge on any atom is -0.461 e. The normalized spacial score (nSPS) is 11.1. The summed E-state index contributed by atoms with van der Waals surface area (Å²) in [6.45, 7) is 7.79. The van der Waals surface area contributed by atoms with Crippen molar-refractivity contribution in [2.75, 3.05) is 13.2 Å². The van der Waals surface area contributed by atoms with Gasteiger partial charge in [-0.3, -0.25) is 0 Å². The van der Waals surface area contributed by atoms with E-state index in [1.54, 1.807) is 27.7 Å². The first kappa shape index (κ1) is 19.9. The summed E-state index contributed by atoms with van der Waals surface area (Å²) in [5.41, 5.74) is 1.10. The zero-order valence-corrected chi connectivity index (χ0v) is 16.3. The van der Waals surface area contributed by atoms with Gasteiger partial charge in [0.1, 0.15) is 15.5 Å². The molecule has 0 atom stereocenters. The predicted molar refractivity (Wildman–Crippen MR) is 101 cm³/mol. The molecule has 26 heavy (non-hydrogen) atoms. The van der Waals surface area contributed by atoms with E-state index >= 15 is 0 Å². The highest BCUT2D eigenvalue weighted by Gasteiger charge is 2.18.